The summed E-state index contributed by atoms with van der Waals surface area (Å²) < 4.78 is 11.5. The van der Waals surface area contributed by atoms with Gasteiger partial charge in [0.2, 0.25) is 0 Å². The van der Waals surface area contributed by atoms with E-state index in [4.69, 9.17) is 9.15 Å². The number of nitrogens with zero attached hydrogens (tertiary/aromatic N) is 1. The van der Waals surface area contributed by atoms with Crippen LogP contribution in [0.1, 0.15) is 42.9 Å². The molecule has 0 spiro atoms. The minimum atomic E-state index is -0.114. The van der Waals surface area contributed by atoms with Crippen LogP contribution in [0.15, 0.2) is 40.8 Å². The zero-order valence-electron chi connectivity index (χ0n) is 16.5. The van der Waals surface area contributed by atoms with Crippen LogP contribution < -0.4 is 10.1 Å². The number of amides is 1. The second kappa shape index (κ2) is 9.09. The average molecular weight is 370 g/mol. The first-order valence-electron chi connectivity index (χ1n) is 9.78. The normalized spacial score (nSPS) is 16.9. The molecule has 5 heteroatoms. The minimum absolute atomic E-state index is 0.0196. The number of carbonyl (C=O) groups excluding carboxylic acids is 1. The summed E-state index contributed by atoms with van der Waals surface area (Å²) in [5.74, 6) is 3.21. The van der Waals surface area contributed by atoms with Gasteiger partial charge in [0.15, 0.2) is 6.61 Å². The van der Waals surface area contributed by atoms with Crippen molar-refractivity contribution in [3.05, 3.63) is 53.5 Å². The zero-order chi connectivity index (χ0) is 19.2. The Morgan fingerprint density at radius 3 is 2.63 bits per heavy atom. The molecule has 5 nitrogen and oxygen atoms in total. The van der Waals surface area contributed by atoms with Gasteiger partial charge >= 0.3 is 0 Å². The van der Waals surface area contributed by atoms with Gasteiger partial charge in [-0.2, -0.15) is 0 Å². The highest BCUT2D eigenvalue weighted by Crippen LogP contribution is 2.27. The van der Waals surface area contributed by atoms with Crippen LogP contribution in [0.2, 0.25) is 0 Å². The van der Waals surface area contributed by atoms with Gasteiger partial charge in [0.25, 0.3) is 5.91 Å². The van der Waals surface area contributed by atoms with E-state index < -0.39 is 0 Å². The molecular weight excluding hydrogens is 340 g/mol. The summed E-state index contributed by atoms with van der Waals surface area (Å²) in [5, 5.41) is 3.02. The Morgan fingerprint density at radius 1 is 1.22 bits per heavy atom. The third-order valence-corrected chi connectivity index (χ3v) is 5.29. The summed E-state index contributed by atoms with van der Waals surface area (Å²) in [5.41, 5.74) is 1.02. The smallest absolute Gasteiger partial charge is 0.258 e. The quantitative estimate of drug-likeness (QED) is 0.804. The monoisotopic (exact) mass is 370 g/mol. The van der Waals surface area contributed by atoms with Gasteiger partial charge in [-0.15, -0.1) is 0 Å². The van der Waals surface area contributed by atoms with E-state index in [1.54, 1.807) is 0 Å². The largest absolute Gasteiger partial charge is 0.484 e. The van der Waals surface area contributed by atoms with Crippen LogP contribution in [-0.4, -0.2) is 37.0 Å². The number of carbonyl (C=O) groups is 1. The topological polar surface area (TPSA) is 54.7 Å². The maximum Gasteiger partial charge on any atom is 0.258 e. The van der Waals surface area contributed by atoms with Crippen LogP contribution in [0.5, 0.6) is 5.75 Å². The molecule has 1 atom stereocenters. The SMILES string of the molecule is Cc1ccc(C(CNC(=O)COc2ccccc2C)N2CCC(C)CC2)o1. The molecule has 1 unspecified atom stereocenters. The van der Waals surface area contributed by atoms with Gasteiger partial charge in [-0.25, -0.2) is 0 Å². The van der Waals surface area contributed by atoms with Crippen molar-refractivity contribution in [2.24, 2.45) is 5.92 Å². The molecule has 1 N–H and O–H groups in total. The van der Waals surface area contributed by atoms with Crippen molar-refractivity contribution >= 4 is 5.91 Å². The molecule has 0 bridgehead atoms. The molecule has 2 heterocycles. The van der Waals surface area contributed by atoms with E-state index in [0.29, 0.717) is 6.54 Å². The first kappa shape index (κ1) is 19.5. The molecule has 0 aliphatic carbocycles. The maximum atomic E-state index is 12.3. The van der Waals surface area contributed by atoms with Crippen LogP contribution in [0.25, 0.3) is 0 Å². The molecule has 1 saturated heterocycles. The molecule has 27 heavy (non-hydrogen) atoms. The van der Waals surface area contributed by atoms with Crippen LogP contribution in [0, 0.1) is 19.8 Å². The van der Waals surface area contributed by atoms with Gasteiger partial charge in [-0.05, 0) is 69.5 Å². The third-order valence-electron chi connectivity index (χ3n) is 5.29. The van der Waals surface area contributed by atoms with E-state index in [-0.39, 0.29) is 18.6 Å². The van der Waals surface area contributed by atoms with Gasteiger partial charge in [-0.3, -0.25) is 9.69 Å². The van der Waals surface area contributed by atoms with Gasteiger partial charge in [0.1, 0.15) is 17.3 Å². The second-order valence-electron chi connectivity index (χ2n) is 7.54. The first-order valence-corrected chi connectivity index (χ1v) is 9.78. The van der Waals surface area contributed by atoms with E-state index in [0.717, 1.165) is 41.8 Å². The molecule has 146 valence electrons. The number of piperidine rings is 1. The maximum absolute atomic E-state index is 12.3. The van der Waals surface area contributed by atoms with Crippen molar-refractivity contribution in [3.63, 3.8) is 0 Å². The Balaban J connectivity index is 1.57. The predicted molar refractivity (Wildman–Crippen MR) is 106 cm³/mol. The summed E-state index contributed by atoms with van der Waals surface area (Å²) >= 11 is 0. The first-order chi connectivity index (χ1) is 13.0. The second-order valence-corrected chi connectivity index (χ2v) is 7.54. The Bertz CT molecular complexity index is 748. The number of rotatable bonds is 7. The molecule has 1 amide bonds. The molecule has 1 aromatic carbocycles. The lowest BCUT2D eigenvalue weighted by Gasteiger charge is -2.35. The number of benzene rings is 1. The highest BCUT2D eigenvalue weighted by atomic mass is 16.5. The third kappa shape index (κ3) is 5.36. The highest BCUT2D eigenvalue weighted by molar-refractivity contribution is 5.77. The van der Waals surface area contributed by atoms with Gasteiger partial charge in [0, 0.05) is 6.54 Å². The lowest BCUT2D eigenvalue weighted by atomic mass is 9.97. The Morgan fingerprint density at radius 2 is 1.96 bits per heavy atom. The predicted octanol–water partition coefficient (Wildman–Crippen LogP) is 3.86. The number of furan rings is 1. The molecule has 0 radical (unpaired) electrons. The van der Waals surface area contributed by atoms with E-state index in [9.17, 15) is 4.79 Å². The fraction of sp³-hybridized carbons (Fsp3) is 0.500. The van der Waals surface area contributed by atoms with Crippen molar-refractivity contribution in [1.29, 1.82) is 0 Å². The van der Waals surface area contributed by atoms with Crippen LogP contribution in [0.4, 0.5) is 0 Å². The number of likely N-dealkylation sites (tertiary alicyclic amines) is 1. The Kier molecular flexibility index (Phi) is 6.56. The molecule has 2 aromatic rings. The standard InChI is InChI=1S/C22H30N2O3/c1-16-10-12-24(13-11-16)19(21-9-8-18(3)27-21)14-23-22(25)15-26-20-7-5-4-6-17(20)2/h4-9,16,19H,10-15H2,1-3H3,(H,23,25). The number of aryl methyl sites for hydroxylation is 2. The number of para-hydroxylation sites is 1. The lowest BCUT2D eigenvalue weighted by molar-refractivity contribution is -0.123. The Hall–Kier alpha value is -2.27. The molecule has 1 aromatic heterocycles. The molecule has 1 aliphatic heterocycles. The number of nitrogens with one attached hydrogen (secondary N) is 1. The van der Waals surface area contributed by atoms with E-state index in [2.05, 4.69) is 17.1 Å². The molecule has 1 aliphatic rings. The van der Waals surface area contributed by atoms with Crippen molar-refractivity contribution in [2.75, 3.05) is 26.2 Å². The molecule has 0 saturated carbocycles. The van der Waals surface area contributed by atoms with Gasteiger partial charge in [-0.1, -0.05) is 25.1 Å². The minimum Gasteiger partial charge on any atom is -0.484 e. The van der Waals surface area contributed by atoms with Gasteiger partial charge in [0.05, 0.1) is 6.04 Å². The zero-order valence-corrected chi connectivity index (χ0v) is 16.5. The molecule has 1 fully saturated rings. The summed E-state index contributed by atoms with van der Waals surface area (Å²) in [6, 6.07) is 11.8. The van der Waals surface area contributed by atoms with E-state index in [1.807, 2.05) is 50.2 Å². The lowest BCUT2D eigenvalue weighted by Crippen LogP contribution is -2.42. The fourth-order valence-electron chi connectivity index (χ4n) is 3.51. The number of ether oxygens (including phenoxy) is 1. The van der Waals surface area contributed by atoms with Crippen LogP contribution in [-0.2, 0) is 4.79 Å². The number of hydrogen-bond donors (Lipinski definition) is 1. The molecule has 3 rings (SSSR count). The van der Waals surface area contributed by atoms with E-state index in [1.165, 1.54) is 12.8 Å². The highest BCUT2D eigenvalue weighted by Gasteiger charge is 2.27. The summed E-state index contributed by atoms with van der Waals surface area (Å²) in [4.78, 5) is 14.7. The van der Waals surface area contributed by atoms with Crippen molar-refractivity contribution in [2.45, 2.75) is 39.7 Å². The summed E-state index contributed by atoms with van der Waals surface area (Å²) in [6.45, 7) is 8.83. The van der Waals surface area contributed by atoms with Crippen molar-refractivity contribution in [1.82, 2.24) is 10.2 Å². The summed E-state index contributed by atoms with van der Waals surface area (Å²) in [7, 11) is 0. The van der Waals surface area contributed by atoms with Crippen molar-refractivity contribution in [3.8, 4) is 5.75 Å². The van der Waals surface area contributed by atoms with Crippen LogP contribution in [0.3, 0.4) is 0 Å². The Labute approximate surface area is 161 Å². The fourth-order valence-corrected chi connectivity index (χ4v) is 3.51. The number of hydrogen-bond acceptors (Lipinski definition) is 4. The van der Waals surface area contributed by atoms with Crippen LogP contribution >= 0.6 is 0 Å². The van der Waals surface area contributed by atoms with Gasteiger partial charge < -0.3 is 14.5 Å². The summed E-state index contributed by atoms with van der Waals surface area (Å²) in [6.07, 6.45) is 2.36. The van der Waals surface area contributed by atoms with E-state index >= 15 is 0 Å². The van der Waals surface area contributed by atoms with Crippen molar-refractivity contribution < 1.29 is 13.9 Å². The molecular formula is C22H30N2O3. The average Bonchev–Trinajstić information content (AvgIpc) is 3.09.